The van der Waals surface area contributed by atoms with Crippen molar-refractivity contribution in [2.45, 2.75) is 20.0 Å². The highest BCUT2D eigenvalue weighted by Gasteiger charge is 2.17. The molecule has 2 aromatic heterocycles. The third-order valence-electron chi connectivity index (χ3n) is 3.79. The first kappa shape index (κ1) is 20.9. The molecule has 0 spiro atoms. The predicted octanol–water partition coefficient (Wildman–Crippen LogP) is 3.05. The number of thiazole rings is 1. The molecule has 2 heterocycles. The highest BCUT2D eigenvalue weighted by atomic mass is 32.1. The van der Waals surface area contributed by atoms with Crippen LogP contribution in [0.3, 0.4) is 0 Å². The maximum Gasteiger partial charge on any atom is 0.280 e. The Bertz CT molecular complexity index is 1010. The Morgan fingerprint density at radius 3 is 2.83 bits per heavy atom. The van der Waals surface area contributed by atoms with Gasteiger partial charge in [0.25, 0.3) is 5.91 Å². The van der Waals surface area contributed by atoms with Crippen molar-refractivity contribution in [3.63, 3.8) is 0 Å². The number of fused-ring (bicyclic) bond motifs is 1. The highest BCUT2D eigenvalue weighted by molar-refractivity contribution is 7.19. The molecular weight excluding hydrogens is 395 g/mol. The number of ether oxygens (including phenoxy) is 1. The Balaban J connectivity index is 1.86. The normalized spacial score (nSPS) is 11.3. The van der Waals surface area contributed by atoms with Crippen molar-refractivity contribution in [1.29, 1.82) is 0 Å². The van der Waals surface area contributed by atoms with Crippen LogP contribution in [0, 0.1) is 5.82 Å². The van der Waals surface area contributed by atoms with Crippen LogP contribution in [-0.4, -0.2) is 59.0 Å². The number of nitrogens with one attached hydrogen (secondary N) is 2. The van der Waals surface area contributed by atoms with E-state index < -0.39 is 5.82 Å². The summed E-state index contributed by atoms with van der Waals surface area (Å²) in [4.78, 5) is 27.8. The topological polar surface area (TPSA) is 92.3 Å². The lowest BCUT2D eigenvalue weighted by atomic mass is 10.2. The molecular formula is C19H23FN6O2S. The molecule has 154 valence electrons. The van der Waals surface area contributed by atoms with E-state index in [4.69, 9.17) is 4.74 Å². The SMILES string of the molecule is CC(C)Oc1cc(F)ccc1Nc1ncnc2sc(C(=O)NCCN(C)C)nc12. The van der Waals surface area contributed by atoms with Crippen molar-refractivity contribution < 1.29 is 13.9 Å². The summed E-state index contributed by atoms with van der Waals surface area (Å²) in [5.74, 6) is 0.123. The largest absolute Gasteiger partial charge is 0.489 e. The standard InChI is InChI=1S/C19H23FN6O2S/c1-11(2)28-14-9-12(20)5-6-13(14)24-16-15-18(23-10-22-16)29-19(25-15)17(27)21-7-8-26(3)4/h5-6,9-11H,7-8H2,1-4H3,(H,21,27)(H,22,23,24). The van der Waals surface area contributed by atoms with Crippen LogP contribution in [0.1, 0.15) is 23.6 Å². The first-order valence-corrected chi connectivity index (χ1v) is 9.93. The summed E-state index contributed by atoms with van der Waals surface area (Å²) >= 11 is 1.19. The van der Waals surface area contributed by atoms with Crippen LogP contribution in [0.15, 0.2) is 24.5 Å². The fourth-order valence-corrected chi connectivity index (χ4v) is 3.31. The molecule has 0 aliphatic rings. The van der Waals surface area contributed by atoms with Crippen LogP contribution in [-0.2, 0) is 0 Å². The summed E-state index contributed by atoms with van der Waals surface area (Å²) in [7, 11) is 3.87. The highest BCUT2D eigenvalue weighted by Crippen LogP contribution is 2.32. The van der Waals surface area contributed by atoms with Gasteiger partial charge in [-0.1, -0.05) is 11.3 Å². The van der Waals surface area contributed by atoms with E-state index in [9.17, 15) is 9.18 Å². The van der Waals surface area contributed by atoms with Gasteiger partial charge in [-0.3, -0.25) is 4.79 Å². The van der Waals surface area contributed by atoms with Crippen molar-refractivity contribution in [2.75, 3.05) is 32.5 Å². The van der Waals surface area contributed by atoms with Gasteiger partial charge in [-0.2, -0.15) is 0 Å². The minimum atomic E-state index is -0.399. The van der Waals surface area contributed by atoms with Crippen molar-refractivity contribution in [2.24, 2.45) is 0 Å². The molecule has 0 saturated heterocycles. The van der Waals surface area contributed by atoms with Crippen molar-refractivity contribution >= 4 is 39.1 Å². The zero-order chi connectivity index (χ0) is 21.0. The van der Waals surface area contributed by atoms with Gasteiger partial charge < -0.3 is 20.3 Å². The lowest BCUT2D eigenvalue weighted by Crippen LogP contribution is -2.31. The molecule has 1 amide bonds. The molecule has 10 heteroatoms. The zero-order valence-corrected chi connectivity index (χ0v) is 17.5. The van der Waals surface area contributed by atoms with E-state index in [0.29, 0.717) is 39.2 Å². The van der Waals surface area contributed by atoms with Crippen LogP contribution in [0.4, 0.5) is 15.9 Å². The van der Waals surface area contributed by atoms with Gasteiger partial charge in [0.15, 0.2) is 10.8 Å². The second kappa shape index (κ2) is 9.10. The van der Waals surface area contributed by atoms with Gasteiger partial charge in [0, 0.05) is 19.2 Å². The minimum Gasteiger partial charge on any atom is -0.489 e. The van der Waals surface area contributed by atoms with Crippen LogP contribution < -0.4 is 15.4 Å². The van der Waals surface area contributed by atoms with Crippen LogP contribution in [0.2, 0.25) is 0 Å². The van der Waals surface area contributed by atoms with E-state index in [1.54, 1.807) is 6.07 Å². The van der Waals surface area contributed by atoms with E-state index >= 15 is 0 Å². The molecule has 3 aromatic rings. The fourth-order valence-electron chi connectivity index (χ4n) is 2.49. The molecule has 0 saturated carbocycles. The lowest BCUT2D eigenvalue weighted by molar-refractivity contribution is 0.0951. The van der Waals surface area contributed by atoms with Crippen molar-refractivity contribution in [1.82, 2.24) is 25.2 Å². The van der Waals surface area contributed by atoms with E-state index in [2.05, 4.69) is 25.6 Å². The van der Waals surface area contributed by atoms with E-state index in [1.165, 1.54) is 29.8 Å². The summed E-state index contributed by atoms with van der Waals surface area (Å²) in [6.07, 6.45) is 1.27. The molecule has 1 aromatic carbocycles. The Kier molecular flexibility index (Phi) is 6.55. The molecule has 0 radical (unpaired) electrons. The van der Waals surface area contributed by atoms with Gasteiger partial charge in [0.2, 0.25) is 0 Å². The number of hydrogen-bond donors (Lipinski definition) is 2. The molecule has 0 atom stereocenters. The summed E-state index contributed by atoms with van der Waals surface area (Å²) in [6.45, 7) is 4.97. The van der Waals surface area contributed by atoms with Gasteiger partial charge in [-0.25, -0.2) is 19.3 Å². The zero-order valence-electron chi connectivity index (χ0n) is 16.7. The number of aromatic nitrogens is 3. The molecule has 0 unspecified atom stereocenters. The Morgan fingerprint density at radius 2 is 2.10 bits per heavy atom. The predicted molar refractivity (Wildman–Crippen MR) is 112 cm³/mol. The number of benzene rings is 1. The van der Waals surface area contributed by atoms with E-state index in [1.807, 2.05) is 32.8 Å². The van der Waals surface area contributed by atoms with Crippen LogP contribution >= 0.6 is 11.3 Å². The summed E-state index contributed by atoms with van der Waals surface area (Å²) in [5.41, 5.74) is 1.01. The van der Waals surface area contributed by atoms with Gasteiger partial charge >= 0.3 is 0 Å². The van der Waals surface area contributed by atoms with Gasteiger partial charge in [-0.05, 0) is 40.1 Å². The first-order valence-electron chi connectivity index (χ1n) is 9.11. The number of anilines is 2. The fraction of sp³-hybridized carbons (Fsp3) is 0.368. The average Bonchev–Trinajstić information content (AvgIpc) is 3.08. The summed E-state index contributed by atoms with van der Waals surface area (Å²) < 4.78 is 19.3. The van der Waals surface area contributed by atoms with E-state index in [-0.39, 0.29) is 12.0 Å². The number of hydrogen-bond acceptors (Lipinski definition) is 8. The summed E-state index contributed by atoms with van der Waals surface area (Å²) in [5, 5.41) is 6.26. The van der Waals surface area contributed by atoms with Gasteiger partial charge in [-0.15, -0.1) is 0 Å². The molecule has 2 N–H and O–H groups in total. The second-order valence-corrected chi connectivity index (χ2v) is 7.86. The van der Waals surface area contributed by atoms with Crippen molar-refractivity contribution in [3.05, 3.63) is 35.4 Å². The molecule has 29 heavy (non-hydrogen) atoms. The van der Waals surface area contributed by atoms with Crippen LogP contribution in [0.5, 0.6) is 5.75 Å². The average molecular weight is 418 g/mol. The number of carbonyl (C=O) groups is 1. The number of carbonyl (C=O) groups excluding carboxylic acids is 1. The molecule has 0 aliphatic carbocycles. The van der Waals surface area contributed by atoms with Crippen LogP contribution in [0.25, 0.3) is 10.3 Å². The Hall–Kier alpha value is -2.85. The molecule has 8 nitrogen and oxygen atoms in total. The molecule has 0 aliphatic heterocycles. The minimum absolute atomic E-state index is 0.125. The lowest BCUT2D eigenvalue weighted by Gasteiger charge is -2.15. The monoisotopic (exact) mass is 418 g/mol. The number of likely N-dealkylation sites (N-methyl/N-ethyl adjacent to an activating group) is 1. The maximum absolute atomic E-state index is 13.6. The van der Waals surface area contributed by atoms with E-state index in [0.717, 1.165) is 6.54 Å². The third kappa shape index (κ3) is 5.36. The molecule has 0 fully saturated rings. The quantitative estimate of drug-likeness (QED) is 0.581. The number of rotatable bonds is 8. The first-order chi connectivity index (χ1) is 13.8. The maximum atomic E-state index is 13.6. The molecule has 3 rings (SSSR count). The number of halogens is 1. The second-order valence-electron chi connectivity index (χ2n) is 6.89. The summed E-state index contributed by atoms with van der Waals surface area (Å²) in [6, 6.07) is 4.21. The van der Waals surface area contributed by atoms with Gasteiger partial charge in [0.05, 0.1) is 11.8 Å². The van der Waals surface area contributed by atoms with Crippen molar-refractivity contribution in [3.8, 4) is 5.75 Å². The Morgan fingerprint density at radius 1 is 1.31 bits per heavy atom. The number of nitrogens with zero attached hydrogens (tertiary/aromatic N) is 4. The molecule has 0 bridgehead atoms. The third-order valence-corrected chi connectivity index (χ3v) is 4.76. The smallest absolute Gasteiger partial charge is 0.280 e. The number of amides is 1. The van der Waals surface area contributed by atoms with Gasteiger partial charge in [0.1, 0.15) is 28.2 Å². The Labute approximate surface area is 172 Å².